The standard InChI is InChI=1S/C24H28N6O3.C2HF3O2/c1-4-5-13-30-22-21(23(31)28-24(30)32)29(3)20(27-22)15-26-16(2)17-8-10-18(11-9-17)33-19-7-6-12-25-14-19;3-2(4,5)1(6)7/h6-12,14,16,26H,4-5,13,15H2,1-3H3,(H,28,31,32);(H,6,7). The van der Waals surface area contributed by atoms with Crippen molar-refractivity contribution in [3.63, 3.8) is 0 Å². The number of benzene rings is 1. The summed E-state index contributed by atoms with van der Waals surface area (Å²) in [5, 5.41) is 10.6. The molecule has 3 heterocycles. The van der Waals surface area contributed by atoms with E-state index in [0.717, 1.165) is 24.2 Å². The summed E-state index contributed by atoms with van der Waals surface area (Å²) < 4.78 is 40.8. The summed E-state index contributed by atoms with van der Waals surface area (Å²) in [4.78, 5) is 44.7. The van der Waals surface area contributed by atoms with Crippen LogP contribution in [0.4, 0.5) is 13.2 Å². The highest BCUT2D eigenvalue weighted by molar-refractivity contribution is 5.73. The zero-order valence-electron chi connectivity index (χ0n) is 22.0. The number of alkyl halides is 3. The lowest BCUT2D eigenvalue weighted by atomic mass is 10.1. The Morgan fingerprint density at radius 1 is 1.18 bits per heavy atom. The smallest absolute Gasteiger partial charge is 0.475 e. The first kappa shape index (κ1) is 30.1. The number of hydrogen-bond acceptors (Lipinski definition) is 7. The van der Waals surface area contributed by atoms with E-state index in [4.69, 9.17) is 14.6 Å². The predicted octanol–water partition coefficient (Wildman–Crippen LogP) is 3.89. The lowest BCUT2D eigenvalue weighted by Gasteiger charge is -2.15. The molecule has 11 nitrogen and oxygen atoms in total. The number of rotatable bonds is 9. The molecule has 0 radical (unpaired) electrons. The Bertz CT molecular complexity index is 1550. The number of nitrogens with one attached hydrogen (secondary N) is 2. The van der Waals surface area contributed by atoms with Gasteiger partial charge in [-0.25, -0.2) is 14.6 Å². The van der Waals surface area contributed by atoms with E-state index in [1.54, 1.807) is 28.6 Å². The van der Waals surface area contributed by atoms with Gasteiger partial charge in [0.05, 0.1) is 12.7 Å². The maximum Gasteiger partial charge on any atom is 0.490 e. The Labute approximate surface area is 226 Å². The van der Waals surface area contributed by atoms with Crippen molar-refractivity contribution in [2.75, 3.05) is 0 Å². The van der Waals surface area contributed by atoms with Crippen molar-refractivity contribution < 1.29 is 27.8 Å². The van der Waals surface area contributed by atoms with E-state index in [1.807, 2.05) is 36.4 Å². The molecule has 4 rings (SSSR count). The van der Waals surface area contributed by atoms with Gasteiger partial charge in [-0.1, -0.05) is 25.5 Å². The molecular formula is C26H29F3N6O5. The second kappa shape index (κ2) is 13.1. The molecule has 0 spiro atoms. The van der Waals surface area contributed by atoms with E-state index in [1.165, 1.54) is 0 Å². The van der Waals surface area contributed by atoms with Gasteiger partial charge in [-0.15, -0.1) is 0 Å². The molecule has 3 aromatic heterocycles. The maximum absolute atomic E-state index is 12.4. The molecule has 4 aromatic rings. The summed E-state index contributed by atoms with van der Waals surface area (Å²) in [5.74, 6) is -0.647. The summed E-state index contributed by atoms with van der Waals surface area (Å²) in [5.41, 5.74) is 1.10. The van der Waals surface area contributed by atoms with Gasteiger partial charge in [0.2, 0.25) is 0 Å². The van der Waals surface area contributed by atoms with Crippen molar-refractivity contribution in [1.29, 1.82) is 0 Å². The number of aliphatic carboxylic acids is 1. The average Bonchev–Trinajstić information content (AvgIpc) is 3.24. The number of ether oxygens (including phenoxy) is 1. The normalized spacial score (nSPS) is 12.1. The minimum atomic E-state index is -5.08. The minimum absolute atomic E-state index is 0.0397. The zero-order chi connectivity index (χ0) is 29.4. The van der Waals surface area contributed by atoms with Crippen LogP contribution in [0, 0.1) is 0 Å². The molecule has 0 bridgehead atoms. The van der Waals surface area contributed by atoms with Crippen molar-refractivity contribution in [3.8, 4) is 11.5 Å². The molecular weight excluding hydrogens is 533 g/mol. The summed E-state index contributed by atoms with van der Waals surface area (Å²) in [6, 6.07) is 11.6. The first-order valence-electron chi connectivity index (χ1n) is 12.3. The Hall–Kier alpha value is -4.46. The van der Waals surface area contributed by atoms with Crippen molar-refractivity contribution in [2.45, 2.75) is 52.0 Å². The largest absolute Gasteiger partial charge is 0.490 e. The van der Waals surface area contributed by atoms with Crippen LogP contribution in [-0.2, 0) is 24.9 Å². The summed E-state index contributed by atoms with van der Waals surface area (Å²) in [6.45, 7) is 5.09. The molecule has 14 heteroatoms. The fourth-order valence-corrected chi connectivity index (χ4v) is 3.70. The van der Waals surface area contributed by atoms with Gasteiger partial charge in [0.1, 0.15) is 17.3 Å². The van der Waals surface area contributed by atoms with Crippen LogP contribution in [0.3, 0.4) is 0 Å². The summed E-state index contributed by atoms with van der Waals surface area (Å²) in [7, 11) is 1.80. The highest BCUT2D eigenvalue weighted by Gasteiger charge is 2.38. The molecule has 1 atom stereocenters. The van der Waals surface area contributed by atoms with Crippen molar-refractivity contribution >= 4 is 17.1 Å². The number of aryl methyl sites for hydroxylation is 2. The molecule has 3 N–H and O–H groups in total. The molecule has 0 fully saturated rings. The molecule has 0 saturated heterocycles. The zero-order valence-corrected chi connectivity index (χ0v) is 22.0. The number of carboxylic acids is 1. The second-order valence-corrected chi connectivity index (χ2v) is 8.79. The molecule has 0 aliphatic rings. The number of fused-ring (bicyclic) bond motifs is 1. The average molecular weight is 563 g/mol. The first-order chi connectivity index (χ1) is 18.9. The van der Waals surface area contributed by atoms with Crippen molar-refractivity contribution in [1.82, 2.24) is 29.4 Å². The molecule has 0 amide bonds. The van der Waals surface area contributed by atoms with Gasteiger partial charge >= 0.3 is 17.8 Å². The fourth-order valence-electron chi connectivity index (χ4n) is 3.70. The van der Waals surface area contributed by atoms with E-state index in [2.05, 4.69) is 34.1 Å². The number of unbranched alkanes of at least 4 members (excludes halogenated alkanes) is 1. The minimum Gasteiger partial charge on any atom is -0.475 e. The van der Waals surface area contributed by atoms with Gasteiger partial charge in [0.15, 0.2) is 11.2 Å². The molecule has 0 aliphatic heterocycles. The van der Waals surface area contributed by atoms with Gasteiger partial charge in [0, 0.05) is 25.8 Å². The molecule has 40 heavy (non-hydrogen) atoms. The van der Waals surface area contributed by atoms with E-state index in [0.29, 0.717) is 35.8 Å². The second-order valence-electron chi connectivity index (χ2n) is 8.79. The molecule has 1 unspecified atom stereocenters. The highest BCUT2D eigenvalue weighted by atomic mass is 19.4. The van der Waals surface area contributed by atoms with Gasteiger partial charge in [-0.3, -0.25) is 19.3 Å². The van der Waals surface area contributed by atoms with Crippen LogP contribution < -0.4 is 21.3 Å². The highest BCUT2D eigenvalue weighted by Crippen LogP contribution is 2.23. The van der Waals surface area contributed by atoms with Crippen LogP contribution >= 0.6 is 0 Å². The third-order valence-electron chi connectivity index (χ3n) is 5.90. The number of carbonyl (C=O) groups is 1. The summed E-state index contributed by atoms with van der Waals surface area (Å²) in [6.07, 6.45) is 0.0662. The van der Waals surface area contributed by atoms with Crippen LogP contribution in [-0.4, -0.2) is 41.3 Å². The van der Waals surface area contributed by atoms with Crippen LogP contribution in [0.2, 0.25) is 0 Å². The maximum atomic E-state index is 12.4. The number of nitrogens with zero attached hydrogens (tertiary/aromatic N) is 4. The Balaban J connectivity index is 0.000000559. The Morgan fingerprint density at radius 3 is 2.42 bits per heavy atom. The van der Waals surface area contributed by atoms with Gasteiger partial charge < -0.3 is 19.7 Å². The third kappa shape index (κ3) is 7.56. The molecule has 0 aliphatic carbocycles. The van der Waals surface area contributed by atoms with Crippen molar-refractivity contribution in [3.05, 3.63) is 81.0 Å². The van der Waals surface area contributed by atoms with E-state index in [-0.39, 0.29) is 6.04 Å². The fraction of sp³-hybridized carbons (Fsp3) is 0.346. The van der Waals surface area contributed by atoms with Crippen molar-refractivity contribution in [2.24, 2.45) is 7.05 Å². The van der Waals surface area contributed by atoms with Gasteiger partial charge in [-0.2, -0.15) is 13.2 Å². The van der Waals surface area contributed by atoms with E-state index in [9.17, 15) is 22.8 Å². The predicted molar refractivity (Wildman–Crippen MR) is 140 cm³/mol. The summed E-state index contributed by atoms with van der Waals surface area (Å²) >= 11 is 0. The lowest BCUT2D eigenvalue weighted by molar-refractivity contribution is -0.192. The Kier molecular flexibility index (Phi) is 9.82. The number of pyridine rings is 1. The number of H-pyrrole nitrogens is 1. The van der Waals surface area contributed by atoms with E-state index >= 15 is 0 Å². The molecule has 214 valence electrons. The Morgan fingerprint density at radius 2 is 1.85 bits per heavy atom. The van der Waals surface area contributed by atoms with Gasteiger partial charge in [0.25, 0.3) is 5.56 Å². The SMILES string of the molecule is CCCCn1c(=O)[nH]c(=O)c2c1nc(CNC(C)c1ccc(Oc3cccnc3)cc1)n2C.O=C(O)C(F)(F)F. The van der Waals surface area contributed by atoms with E-state index < -0.39 is 23.4 Å². The number of imidazole rings is 1. The van der Waals surface area contributed by atoms with Crippen LogP contribution in [0.1, 0.15) is 44.1 Å². The third-order valence-corrected chi connectivity index (χ3v) is 5.90. The number of halogens is 3. The van der Waals surface area contributed by atoms with Gasteiger partial charge in [-0.05, 0) is 43.2 Å². The number of aromatic amines is 1. The lowest BCUT2D eigenvalue weighted by Crippen LogP contribution is -2.31. The first-order valence-corrected chi connectivity index (χ1v) is 12.3. The topological polar surface area (TPSA) is 144 Å². The van der Waals surface area contributed by atoms with Crippen LogP contribution in [0.5, 0.6) is 11.5 Å². The van der Waals surface area contributed by atoms with Crippen LogP contribution in [0.15, 0.2) is 58.4 Å². The molecule has 1 aromatic carbocycles. The number of hydrogen-bond donors (Lipinski definition) is 3. The quantitative estimate of drug-likeness (QED) is 0.279. The number of carboxylic acid groups (broad SMARTS) is 1. The molecule has 0 saturated carbocycles. The monoisotopic (exact) mass is 562 g/mol. The van der Waals surface area contributed by atoms with Crippen LogP contribution in [0.25, 0.3) is 11.2 Å². The number of aromatic nitrogens is 5.